The molecule has 0 saturated heterocycles. The van der Waals surface area contributed by atoms with Crippen molar-refractivity contribution in [2.24, 2.45) is 5.73 Å². The zero-order valence-corrected chi connectivity index (χ0v) is 11.9. The Morgan fingerprint density at radius 3 is 2.90 bits per heavy atom. The molecule has 2 nitrogen and oxygen atoms in total. The maximum atomic E-state index is 6.52. The molecule has 104 valence electrons. The second-order valence-electron chi connectivity index (χ2n) is 5.38. The van der Waals surface area contributed by atoms with Crippen molar-refractivity contribution >= 4 is 0 Å². The summed E-state index contributed by atoms with van der Waals surface area (Å²) in [6, 6.07) is 16.9. The van der Waals surface area contributed by atoms with Gasteiger partial charge in [0.1, 0.15) is 5.75 Å². The third kappa shape index (κ3) is 2.44. The Balaban J connectivity index is 1.86. The minimum absolute atomic E-state index is 0.0408. The van der Waals surface area contributed by atoms with E-state index in [0.717, 1.165) is 24.2 Å². The molecule has 2 atom stereocenters. The molecule has 20 heavy (non-hydrogen) atoms. The molecule has 0 radical (unpaired) electrons. The number of hydrogen-bond acceptors (Lipinski definition) is 2. The largest absolute Gasteiger partial charge is 0.494 e. The maximum absolute atomic E-state index is 6.52. The lowest BCUT2D eigenvalue weighted by atomic mass is 9.89. The number of fused-ring (bicyclic) bond motifs is 1. The minimum Gasteiger partial charge on any atom is -0.494 e. The van der Waals surface area contributed by atoms with Gasteiger partial charge in [-0.05, 0) is 48.6 Å². The van der Waals surface area contributed by atoms with Crippen molar-refractivity contribution in [2.75, 3.05) is 6.61 Å². The van der Waals surface area contributed by atoms with E-state index in [1.807, 2.05) is 19.1 Å². The van der Waals surface area contributed by atoms with Gasteiger partial charge in [-0.1, -0.05) is 36.4 Å². The second kappa shape index (κ2) is 5.68. The Kier molecular flexibility index (Phi) is 3.75. The number of nitrogens with two attached hydrogens (primary N) is 1. The summed E-state index contributed by atoms with van der Waals surface area (Å²) in [7, 11) is 0. The highest BCUT2D eigenvalue weighted by molar-refractivity contribution is 5.39. The molecule has 2 aromatic rings. The SMILES string of the molecule is CCOc1cccc(C(N)C2CCc3ccccc32)c1. The lowest BCUT2D eigenvalue weighted by Crippen LogP contribution is -2.18. The molecule has 0 spiro atoms. The molecule has 0 bridgehead atoms. The summed E-state index contributed by atoms with van der Waals surface area (Å²) in [6.07, 6.45) is 2.28. The van der Waals surface area contributed by atoms with E-state index < -0.39 is 0 Å². The van der Waals surface area contributed by atoms with Crippen molar-refractivity contribution in [1.82, 2.24) is 0 Å². The third-order valence-corrected chi connectivity index (χ3v) is 4.17. The van der Waals surface area contributed by atoms with E-state index in [4.69, 9.17) is 10.5 Å². The normalized spacial score (nSPS) is 18.6. The average molecular weight is 267 g/mol. The Labute approximate surface area is 120 Å². The van der Waals surface area contributed by atoms with Gasteiger partial charge in [0, 0.05) is 12.0 Å². The molecule has 0 aromatic heterocycles. The number of rotatable bonds is 4. The fraction of sp³-hybridized carbons (Fsp3) is 0.333. The van der Waals surface area contributed by atoms with E-state index in [0.29, 0.717) is 12.5 Å². The Morgan fingerprint density at radius 2 is 2.05 bits per heavy atom. The molecule has 2 N–H and O–H groups in total. The zero-order chi connectivity index (χ0) is 13.9. The molecule has 2 heteroatoms. The predicted molar refractivity (Wildman–Crippen MR) is 82.0 cm³/mol. The maximum Gasteiger partial charge on any atom is 0.119 e. The molecule has 0 heterocycles. The van der Waals surface area contributed by atoms with Gasteiger partial charge in [-0.2, -0.15) is 0 Å². The molecule has 0 amide bonds. The van der Waals surface area contributed by atoms with Crippen LogP contribution in [0.15, 0.2) is 48.5 Å². The predicted octanol–water partition coefficient (Wildman–Crippen LogP) is 3.82. The van der Waals surface area contributed by atoms with Crippen LogP contribution in [0, 0.1) is 0 Å². The third-order valence-electron chi connectivity index (χ3n) is 4.17. The van der Waals surface area contributed by atoms with Crippen molar-refractivity contribution < 1.29 is 4.74 Å². The van der Waals surface area contributed by atoms with Gasteiger partial charge < -0.3 is 10.5 Å². The molecule has 3 rings (SSSR count). The average Bonchev–Trinajstić information content (AvgIpc) is 2.91. The molecule has 1 aliphatic carbocycles. The molecule has 0 saturated carbocycles. The topological polar surface area (TPSA) is 35.2 Å². The molecular weight excluding hydrogens is 246 g/mol. The van der Waals surface area contributed by atoms with Gasteiger partial charge >= 0.3 is 0 Å². The van der Waals surface area contributed by atoms with Crippen LogP contribution in [0.1, 0.15) is 42.0 Å². The van der Waals surface area contributed by atoms with Crippen LogP contribution >= 0.6 is 0 Å². The summed E-state index contributed by atoms with van der Waals surface area (Å²) in [6.45, 7) is 2.69. The first kappa shape index (κ1) is 13.2. The number of benzene rings is 2. The van der Waals surface area contributed by atoms with Gasteiger partial charge in [0.05, 0.1) is 6.61 Å². The van der Waals surface area contributed by atoms with Gasteiger partial charge in [0.15, 0.2) is 0 Å². The van der Waals surface area contributed by atoms with Crippen molar-refractivity contribution in [1.29, 1.82) is 0 Å². The van der Waals surface area contributed by atoms with Crippen LogP contribution in [0.5, 0.6) is 5.75 Å². The molecule has 1 aliphatic rings. The van der Waals surface area contributed by atoms with E-state index in [1.165, 1.54) is 11.1 Å². The van der Waals surface area contributed by atoms with Gasteiger partial charge in [0.2, 0.25) is 0 Å². The Hall–Kier alpha value is -1.80. The quantitative estimate of drug-likeness (QED) is 0.914. The highest BCUT2D eigenvalue weighted by Gasteiger charge is 2.28. The Morgan fingerprint density at radius 1 is 1.20 bits per heavy atom. The summed E-state index contributed by atoms with van der Waals surface area (Å²) in [4.78, 5) is 0. The summed E-state index contributed by atoms with van der Waals surface area (Å²) < 4.78 is 5.57. The number of hydrogen-bond donors (Lipinski definition) is 1. The van der Waals surface area contributed by atoms with E-state index in [1.54, 1.807) is 0 Å². The molecule has 0 aliphatic heterocycles. The van der Waals surface area contributed by atoms with Crippen molar-refractivity contribution in [3.63, 3.8) is 0 Å². The summed E-state index contributed by atoms with van der Waals surface area (Å²) in [5.74, 6) is 1.33. The minimum atomic E-state index is 0.0408. The highest BCUT2D eigenvalue weighted by atomic mass is 16.5. The van der Waals surface area contributed by atoms with Gasteiger partial charge in [-0.15, -0.1) is 0 Å². The van der Waals surface area contributed by atoms with E-state index in [2.05, 4.69) is 36.4 Å². The lowest BCUT2D eigenvalue weighted by Gasteiger charge is -2.21. The Bertz CT molecular complexity index is 593. The second-order valence-corrected chi connectivity index (χ2v) is 5.38. The van der Waals surface area contributed by atoms with Gasteiger partial charge in [0.25, 0.3) is 0 Å². The molecular formula is C18H21NO. The van der Waals surface area contributed by atoms with E-state index in [9.17, 15) is 0 Å². The smallest absolute Gasteiger partial charge is 0.119 e. The fourth-order valence-electron chi connectivity index (χ4n) is 3.17. The number of ether oxygens (including phenoxy) is 1. The molecule has 0 fully saturated rings. The highest BCUT2D eigenvalue weighted by Crippen LogP contribution is 2.40. The van der Waals surface area contributed by atoms with Crippen LogP contribution in [0.3, 0.4) is 0 Å². The summed E-state index contributed by atoms with van der Waals surface area (Å²) >= 11 is 0. The fourth-order valence-corrected chi connectivity index (χ4v) is 3.17. The first-order valence-corrected chi connectivity index (χ1v) is 7.35. The first-order valence-electron chi connectivity index (χ1n) is 7.35. The van der Waals surface area contributed by atoms with Gasteiger partial charge in [-0.3, -0.25) is 0 Å². The van der Waals surface area contributed by atoms with Crippen molar-refractivity contribution in [3.05, 3.63) is 65.2 Å². The van der Waals surface area contributed by atoms with Crippen LogP contribution in [-0.4, -0.2) is 6.61 Å². The summed E-state index contributed by atoms with van der Waals surface area (Å²) in [5.41, 5.74) is 10.6. The van der Waals surface area contributed by atoms with Crippen molar-refractivity contribution in [2.45, 2.75) is 31.7 Å². The van der Waals surface area contributed by atoms with Crippen LogP contribution in [-0.2, 0) is 6.42 Å². The van der Waals surface area contributed by atoms with Crippen LogP contribution in [0.2, 0.25) is 0 Å². The monoisotopic (exact) mass is 267 g/mol. The zero-order valence-electron chi connectivity index (χ0n) is 11.9. The van der Waals surface area contributed by atoms with Gasteiger partial charge in [-0.25, -0.2) is 0 Å². The molecule has 2 unspecified atom stereocenters. The van der Waals surface area contributed by atoms with E-state index >= 15 is 0 Å². The van der Waals surface area contributed by atoms with E-state index in [-0.39, 0.29) is 6.04 Å². The van der Waals surface area contributed by atoms with Crippen LogP contribution in [0.25, 0.3) is 0 Å². The van der Waals surface area contributed by atoms with Crippen LogP contribution in [0.4, 0.5) is 0 Å². The number of aryl methyl sites for hydroxylation is 1. The molecule has 2 aromatic carbocycles. The van der Waals surface area contributed by atoms with Crippen molar-refractivity contribution in [3.8, 4) is 5.75 Å². The van der Waals surface area contributed by atoms with Crippen LogP contribution < -0.4 is 10.5 Å². The lowest BCUT2D eigenvalue weighted by molar-refractivity contribution is 0.339. The first-order chi connectivity index (χ1) is 9.79. The summed E-state index contributed by atoms with van der Waals surface area (Å²) in [5, 5.41) is 0. The standard InChI is InChI=1S/C18H21NO/c1-2-20-15-8-5-7-14(12-15)18(19)17-11-10-13-6-3-4-9-16(13)17/h3-9,12,17-18H,2,10-11,19H2,1H3.